The number of nitrogens with two attached hydrogens (primary N) is 2. The van der Waals surface area contributed by atoms with Crippen LogP contribution in [-0.4, -0.2) is 21.7 Å². The fraction of sp³-hybridized carbons (Fsp3) is 0.227. The Morgan fingerprint density at radius 2 is 1.62 bits per heavy atom. The van der Waals surface area contributed by atoms with Crippen molar-refractivity contribution in [2.45, 2.75) is 32.5 Å². The van der Waals surface area contributed by atoms with Crippen molar-refractivity contribution in [3.63, 3.8) is 0 Å². The van der Waals surface area contributed by atoms with Crippen LogP contribution >= 0.6 is 0 Å². The molecule has 0 atom stereocenters. The smallest absolute Gasteiger partial charge is 0.383 e. The molecule has 0 aliphatic rings. The standard InChI is InChI=1S/C22H22F4N6O2/c1-21(2,3)32-18(27)16(19(28)33)17(31-32)11-4-7-13(8-5-11)29-20(34)30-15-10-12(22(24,25)26)6-9-14(15)23/h4-10H,27H2,1-3H3,(H2,28,33)(H2,29,30,34). The zero-order valence-corrected chi connectivity index (χ0v) is 18.4. The van der Waals surface area contributed by atoms with Crippen LogP contribution in [0.1, 0.15) is 36.7 Å². The van der Waals surface area contributed by atoms with Gasteiger partial charge in [-0.25, -0.2) is 13.9 Å². The molecule has 12 heteroatoms. The minimum atomic E-state index is -4.69. The zero-order chi connectivity index (χ0) is 25.4. The molecule has 3 amide bonds. The van der Waals surface area contributed by atoms with Gasteiger partial charge in [0.05, 0.1) is 16.8 Å². The van der Waals surface area contributed by atoms with Crippen molar-refractivity contribution in [2.24, 2.45) is 5.73 Å². The Morgan fingerprint density at radius 1 is 1.00 bits per heavy atom. The summed E-state index contributed by atoms with van der Waals surface area (Å²) in [5.74, 6) is -1.67. The number of rotatable bonds is 4. The first-order chi connectivity index (χ1) is 15.7. The third kappa shape index (κ3) is 5.11. The van der Waals surface area contributed by atoms with Crippen LogP contribution in [0.3, 0.4) is 0 Å². The van der Waals surface area contributed by atoms with Crippen LogP contribution in [0, 0.1) is 5.82 Å². The molecule has 8 nitrogen and oxygen atoms in total. The minimum absolute atomic E-state index is 0.0494. The van der Waals surface area contributed by atoms with Crippen LogP contribution < -0.4 is 22.1 Å². The predicted octanol–water partition coefficient (Wildman–Crippen LogP) is 4.79. The fourth-order valence-electron chi connectivity index (χ4n) is 3.18. The molecule has 1 aromatic heterocycles. The van der Waals surface area contributed by atoms with E-state index in [-0.39, 0.29) is 22.8 Å². The van der Waals surface area contributed by atoms with Crippen molar-refractivity contribution in [1.29, 1.82) is 0 Å². The van der Waals surface area contributed by atoms with Crippen molar-refractivity contribution in [1.82, 2.24) is 9.78 Å². The number of carbonyl (C=O) groups is 2. The number of hydrogen-bond donors (Lipinski definition) is 4. The van der Waals surface area contributed by atoms with E-state index >= 15 is 0 Å². The van der Waals surface area contributed by atoms with Crippen LogP contribution in [0.5, 0.6) is 0 Å². The molecular formula is C22H22F4N6O2. The number of nitrogen functional groups attached to an aromatic ring is 1. The van der Waals surface area contributed by atoms with Gasteiger partial charge in [0.1, 0.15) is 22.9 Å². The van der Waals surface area contributed by atoms with Gasteiger partial charge in [-0.1, -0.05) is 12.1 Å². The Balaban J connectivity index is 1.81. The van der Waals surface area contributed by atoms with Crippen molar-refractivity contribution >= 4 is 29.1 Å². The Hall–Kier alpha value is -4.09. The highest BCUT2D eigenvalue weighted by molar-refractivity contribution is 6.03. The summed E-state index contributed by atoms with van der Waals surface area (Å²) < 4.78 is 53.8. The normalized spacial score (nSPS) is 11.9. The molecule has 34 heavy (non-hydrogen) atoms. The number of anilines is 3. The quantitative estimate of drug-likeness (QED) is 0.402. The van der Waals surface area contributed by atoms with Crippen molar-refractivity contribution in [2.75, 3.05) is 16.4 Å². The van der Waals surface area contributed by atoms with Gasteiger partial charge in [0.15, 0.2) is 0 Å². The number of urea groups is 1. The molecule has 0 radical (unpaired) electrons. The van der Waals surface area contributed by atoms with Gasteiger partial charge in [0, 0.05) is 11.3 Å². The van der Waals surface area contributed by atoms with Gasteiger partial charge in [-0.15, -0.1) is 0 Å². The number of aromatic nitrogens is 2. The maximum absolute atomic E-state index is 13.9. The topological polar surface area (TPSA) is 128 Å². The van der Waals surface area contributed by atoms with Gasteiger partial charge in [0.25, 0.3) is 5.91 Å². The van der Waals surface area contributed by atoms with E-state index in [4.69, 9.17) is 11.5 Å². The second-order valence-corrected chi connectivity index (χ2v) is 8.40. The number of nitrogens with zero attached hydrogens (tertiary/aromatic N) is 2. The first-order valence-corrected chi connectivity index (χ1v) is 9.92. The summed E-state index contributed by atoms with van der Waals surface area (Å²) in [6.07, 6.45) is -4.69. The van der Waals surface area contributed by atoms with Crippen LogP contribution in [0.4, 0.5) is 39.5 Å². The van der Waals surface area contributed by atoms with Gasteiger partial charge in [0.2, 0.25) is 0 Å². The lowest BCUT2D eigenvalue weighted by molar-refractivity contribution is -0.137. The molecule has 3 aromatic rings. The van der Waals surface area contributed by atoms with Crippen molar-refractivity contribution < 1.29 is 27.2 Å². The second kappa shape index (κ2) is 8.69. The number of primary amides is 1. The highest BCUT2D eigenvalue weighted by Crippen LogP contribution is 2.33. The number of amides is 3. The maximum atomic E-state index is 13.9. The van der Waals surface area contributed by atoms with E-state index in [0.29, 0.717) is 23.8 Å². The Labute approximate surface area is 191 Å². The first-order valence-electron chi connectivity index (χ1n) is 9.92. The van der Waals surface area contributed by atoms with E-state index in [1.807, 2.05) is 20.8 Å². The van der Waals surface area contributed by atoms with Gasteiger partial charge in [-0.3, -0.25) is 4.79 Å². The summed E-state index contributed by atoms with van der Waals surface area (Å²) in [7, 11) is 0. The number of carbonyl (C=O) groups excluding carboxylic acids is 2. The SMILES string of the molecule is CC(C)(C)n1nc(-c2ccc(NC(=O)Nc3cc(C(F)(F)F)ccc3F)cc2)c(C(N)=O)c1N. The summed E-state index contributed by atoms with van der Waals surface area (Å²) in [5, 5.41) is 8.86. The van der Waals surface area contributed by atoms with E-state index in [2.05, 4.69) is 15.7 Å². The molecular weight excluding hydrogens is 456 g/mol. The number of alkyl halides is 3. The largest absolute Gasteiger partial charge is 0.416 e. The Kier molecular flexibility index (Phi) is 6.27. The monoisotopic (exact) mass is 478 g/mol. The molecule has 3 rings (SSSR count). The van der Waals surface area contributed by atoms with Crippen LogP contribution in [-0.2, 0) is 11.7 Å². The summed E-state index contributed by atoms with van der Waals surface area (Å²) in [4.78, 5) is 24.2. The molecule has 0 aliphatic carbocycles. The lowest BCUT2D eigenvalue weighted by Gasteiger charge is -2.20. The summed E-state index contributed by atoms with van der Waals surface area (Å²) >= 11 is 0. The van der Waals surface area contributed by atoms with E-state index in [1.54, 1.807) is 12.1 Å². The number of benzene rings is 2. The van der Waals surface area contributed by atoms with Gasteiger partial charge in [-0.05, 0) is 51.1 Å². The van der Waals surface area contributed by atoms with Crippen molar-refractivity contribution in [3.8, 4) is 11.3 Å². The van der Waals surface area contributed by atoms with Gasteiger partial charge >= 0.3 is 12.2 Å². The number of nitrogens with one attached hydrogen (secondary N) is 2. The van der Waals surface area contributed by atoms with E-state index in [0.717, 1.165) is 0 Å². The molecule has 0 bridgehead atoms. The highest BCUT2D eigenvalue weighted by atomic mass is 19.4. The Bertz CT molecular complexity index is 1240. The Morgan fingerprint density at radius 3 is 2.15 bits per heavy atom. The second-order valence-electron chi connectivity index (χ2n) is 8.40. The maximum Gasteiger partial charge on any atom is 0.416 e. The molecule has 0 aliphatic heterocycles. The highest BCUT2D eigenvalue weighted by Gasteiger charge is 2.31. The average Bonchev–Trinajstić information content (AvgIpc) is 3.07. The molecule has 0 unspecified atom stereocenters. The lowest BCUT2D eigenvalue weighted by Crippen LogP contribution is -2.25. The molecule has 1 heterocycles. The average molecular weight is 478 g/mol. The predicted molar refractivity (Wildman–Crippen MR) is 120 cm³/mol. The van der Waals surface area contributed by atoms with E-state index < -0.39 is 40.7 Å². The third-order valence-corrected chi connectivity index (χ3v) is 4.76. The molecule has 0 saturated carbocycles. The van der Waals surface area contributed by atoms with Gasteiger partial charge < -0.3 is 22.1 Å². The molecule has 0 fully saturated rings. The van der Waals surface area contributed by atoms with Crippen LogP contribution in [0.15, 0.2) is 42.5 Å². The molecule has 0 saturated heterocycles. The van der Waals surface area contributed by atoms with Crippen molar-refractivity contribution in [3.05, 3.63) is 59.4 Å². The molecule has 180 valence electrons. The lowest BCUT2D eigenvalue weighted by atomic mass is 10.1. The summed E-state index contributed by atoms with van der Waals surface area (Å²) in [5.41, 5.74) is 10.4. The molecule has 2 aromatic carbocycles. The van der Waals surface area contributed by atoms with Crippen LogP contribution in [0.2, 0.25) is 0 Å². The summed E-state index contributed by atoms with van der Waals surface area (Å²) in [6.45, 7) is 5.55. The zero-order valence-electron chi connectivity index (χ0n) is 18.4. The van der Waals surface area contributed by atoms with E-state index in [1.165, 1.54) is 16.8 Å². The molecule has 6 N–H and O–H groups in total. The fourth-order valence-corrected chi connectivity index (χ4v) is 3.18. The molecule has 0 spiro atoms. The number of hydrogen-bond acceptors (Lipinski definition) is 4. The van der Waals surface area contributed by atoms with Crippen LogP contribution in [0.25, 0.3) is 11.3 Å². The van der Waals surface area contributed by atoms with E-state index in [9.17, 15) is 27.2 Å². The summed E-state index contributed by atoms with van der Waals surface area (Å²) in [6, 6.07) is 6.76. The minimum Gasteiger partial charge on any atom is -0.383 e. The number of halogens is 4. The third-order valence-electron chi connectivity index (χ3n) is 4.76. The van der Waals surface area contributed by atoms with Gasteiger partial charge in [-0.2, -0.15) is 18.3 Å². The first kappa shape index (κ1) is 24.6.